The van der Waals surface area contributed by atoms with E-state index in [1.54, 1.807) is 44.9 Å². The van der Waals surface area contributed by atoms with Gasteiger partial charge in [0.1, 0.15) is 3.82 Å². The molecule has 0 saturated heterocycles. The van der Waals surface area contributed by atoms with Crippen LogP contribution in [-0.4, -0.2) is 5.91 Å². The fourth-order valence-corrected chi connectivity index (χ4v) is 6.67. The fraction of sp³-hybridized carbons (Fsp3) is 0.158. The number of amides is 1. The van der Waals surface area contributed by atoms with E-state index in [2.05, 4.69) is 13.8 Å². The summed E-state index contributed by atoms with van der Waals surface area (Å²) in [4.78, 5) is 16.4. The van der Waals surface area contributed by atoms with Gasteiger partial charge in [-0.15, -0.1) is 0 Å². The van der Waals surface area contributed by atoms with E-state index in [1.165, 1.54) is 0 Å². The van der Waals surface area contributed by atoms with Gasteiger partial charge in [0.15, 0.2) is 0 Å². The molecule has 2 aromatic carbocycles. The Hall–Kier alpha value is -1.53. The lowest BCUT2D eigenvalue weighted by molar-refractivity contribution is 0.0961. The first-order valence-electron chi connectivity index (χ1n) is 7.74. The number of rotatable bonds is 1. The number of anilines is 1. The minimum atomic E-state index is -0.474. The van der Waals surface area contributed by atoms with Gasteiger partial charge in [-0.1, -0.05) is 62.7 Å². The van der Waals surface area contributed by atoms with Gasteiger partial charge in [-0.05, 0) is 44.2 Å². The maximum Gasteiger partial charge on any atom is 0.259 e. The average molecular weight is 404 g/mol. The van der Waals surface area contributed by atoms with Gasteiger partial charge >= 0.3 is 0 Å². The summed E-state index contributed by atoms with van der Waals surface area (Å²) in [6, 6.07) is 15.0. The van der Waals surface area contributed by atoms with Gasteiger partial charge in [-0.25, -0.2) is 0 Å². The van der Waals surface area contributed by atoms with Crippen LogP contribution >= 0.6 is 44.5 Å². The number of nitrogens with zero attached hydrogens (tertiary/aromatic N) is 1. The molecule has 1 aliphatic rings. The van der Waals surface area contributed by atoms with Gasteiger partial charge in [-0.3, -0.25) is 9.69 Å². The summed E-state index contributed by atoms with van der Waals surface area (Å²) in [5.41, 5.74) is 3.18. The van der Waals surface area contributed by atoms with Crippen LogP contribution in [0.3, 0.4) is 0 Å². The Morgan fingerprint density at radius 1 is 1.08 bits per heavy atom. The van der Waals surface area contributed by atoms with Crippen molar-refractivity contribution < 1.29 is 4.79 Å². The van der Waals surface area contributed by atoms with Crippen molar-refractivity contribution in [2.75, 3.05) is 4.90 Å². The summed E-state index contributed by atoms with van der Waals surface area (Å²) in [5.74, 6) is -0.0379. The zero-order valence-electron chi connectivity index (χ0n) is 13.6. The van der Waals surface area contributed by atoms with Crippen LogP contribution in [0.1, 0.15) is 29.1 Å². The van der Waals surface area contributed by atoms with Crippen molar-refractivity contribution in [2.24, 2.45) is 0 Å². The molecule has 4 rings (SSSR count). The Kier molecular flexibility index (Phi) is 4.07. The Morgan fingerprint density at radius 2 is 1.76 bits per heavy atom. The summed E-state index contributed by atoms with van der Waals surface area (Å²) in [6.07, 6.45) is 0. The highest BCUT2D eigenvalue weighted by Crippen LogP contribution is 2.52. The van der Waals surface area contributed by atoms with E-state index in [4.69, 9.17) is 23.8 Å². The van der Waals surface area contributed by atoms with E-state index in [1.807, 2.05) is 29.2 Å². The van der Waals surface area contributed by atoms with Crippen molar-refractivity contribution in [2.45, 2.75) is 19.4 Å². The molecule has 0 spiro atoms. The Balaban J connectivity index is 1.95. The van der Waals surface area contributed by atoms with E-state index in [0.717, 1.165) is 25.5 Å². The first-order chi connectivity index (χ1) is 11.9. The molecule has 0 radical (unpaired) electrons. The summed E-state index contributed by atoms with van der Waals surface area (Å²) in [7, 11) is 3.26. The molecule has 0 saturated carbocycles. The van der Waals surface area contributed by atoms with Crippen LogP contribution in [0.2, 0.25) is 5.02 Å². The van der Waals surface area contributed by atoms with Crippen LogP contribution in [0.25, 0.3) is 11.1 Å². The van der Waals surface area contributed by atoms with Gasteiger partial charge in [0.25, 0.3) is 5.91 Å². The topological polar surface area (TPSA) is 20.3 Å². The summed E-state index contributed by atoms with van der Waals surface area (Å²) < 4.78 is 0.888. The Labute approximate surface area is 163 Å². The maximum absolute atomic E-state index is 13.4. The lowest BCUT2D eigenvalue weighted by atomic mass is 9.87. The molecular weight excluding hydrogens is 390 g/mol. The standard InChI is InChI=1S/C19H14ClNOS3/c1-19(2)16-15(18(23)25-24-16)13-5-3-4-6-14(13)21(19)17(22)11-7-9-12(20)10-8-11/h3-10H,1-2H3. The summed E-state index contributed by atoms with van der Waals surface area (Å²) in [5, 5.41) is 0.618. The maximum atomic E-state index is 13.4. The molecule has 0 aliphatic carbocycles. The predicted octanol–water partition coefficient (Wildman–Crippen LogP) is 6.75. The van der Waals surface area contributed by atoms with E-state index in [9.17, 15) is 4.79 Å². The minimum absolute atomic E-state index is 0.0379. The largest absolute Gasteiger partial charge is 0.297 e. The quantitative estimate of drug-likeness (QED) is 0.330. The molecule has 25 heavy (non-hydrogen) atoms. The van der Waals surface area contributed by atoms with Gasteiger partial charge < -0.3 is 0 Å². The van der Waals surface area contributed by atoms with Crippen LogP contribution in [-0.2, 0) is 5.54 Å². The molecule has 2 heterocycles. The molecule has 2 nitrogen and oxygen atoms in total. The van der Waals surface area contributed by atoms with Gasteiger partial charge in [0.05, 0.1) is 16.1 Å². The van der Waals surface area contributed by atoms with Crippen LogP contribution < -0.4 is 4.90 Å². The predicted molar refractivity (Wildman–Crippen MR) is 110 cm³/mol. The summed E-state index contributed by atoms with van der Waals surface area (Å²) in [6.45, 7) is 4.15. The molecule has 1 aromatic heterocycles. The second kappa shape index (κ2) is 6.02. The third-order valence-corrected chi connectivity index (χ3v) is 8.04. The van der Waals surface area contributed by atoms with Crippen molar-refractivity contribution in [3.8, 4) is 11.1 Å². The number of halogens is 1. The first-order valence-corrected chi connectivity index (χ1v) is 10.7. The zero-order chi connectivity index (χ0) is 17.8. The highest BCUT2D eigenvalue weighted by atomic mass is 35.5. The molecule has 126 valence electrons. The number of fused-ring (bicyclic) bond motifs is 3. The van der Waals surface area contributed by atoms with Gasteiger partial charge in [0.2, 0.25) is 0 Å². The smallest absolute Gasteiger partial charge is 0.259 e. The Bertz CT molecular complexity index is 1030. The summed E-state index contributed by atoms with van der Waals surface area (Å²) >= 11 is 11.5. The van der Waals surface area contributed by atoms with Crippen molar-refractivity contribution in [3.05, 3.63) is 67.8 Å². The average Bonchev–Trinajstić information content (AvgIpc) is 2.98. The fourth-order valence-electron chi connectivity index (χ4n) is 3.26. The number of hydrogen-bond acceptors (Lipinski definition) is 4. The van der Waals surface area contributed by atoms with Gasteiger partial charge in [0, 0.05) is 21.7 Å². The Morgan fingerprint density at radius 3 is 2.48 bits per heavy atom. The van der Waals surface area contributed by atoms with Crippen molar-refractivity contribution in [3.63, 3.8) is 0 Å². The van der Waals surface area contributed by atoms with Gasteiger partial charge in [-0.2, -0.15) is 0 Å². The molecule has 6 heteroatoms. The number of carbonyl (C=O) groups is 1. The highest BCUT2D eigenvalue weighted by Gasteiger charge is 2.43. The van der Waals surface area contributed by atoms with Crippen LogP contribution in [0.4, 0.5) is 5.69 Å². The molecule has 1 amide bonds. The van der Waals surface area contributed by atoms with Crippen molar-refractivity contribution in [1.29, 1.82) is 0 Å². The van der Waals surface area contributed by atoms with E-state index in [-0.39, 0.29) is 5.91 Å². The van der Waals surface area contributed by atoms with E-state index >= 15 is 0 Å². The zero-order valence-corrected chi connectivity index (χ0v) is 16.8. The number of para-hydroxylation sites is 1. The monoisotopic (exact) mass is 403 g/mol. The van der Waals surface area contributed by atoms with Crippen LogP contribution in [0.15, 0.2) is 48.5 Å². The molecule has 0 unspecified atom stereocenters. The van der Waals surface area contributed by atoms with Crippen LogP contribution in [0, 0.1) is 3.82 Å². The number of benzene rings is 2. The second-order valence-electron chi connectivity index (χ2n) is 6.38. The molecular formula is C19H14ClNOS3. The number of carbonyl (C=O) groups excluding carboxylic acids is 1. The third kappa shape index (κ3) is 2.57. The SMILES string of the molecule is CC1(C)c2ssc(=S)c2-c2ccccc2N1C(=O)c1ccc(Cl)cc1. The normalized spacial score (nSPS) is 14.8. The molecule has 0 bridgehead atoms. The first kappa shape index (κ1) is 16.9. The third-order valence-electron chi connectivity index (χ3n) is 4.46. The molecule has 1 aliphatic heterocycles. The molecule has 0 N–H and O–H groups in total. The lowest BCUT2D eigenvalue weighted by Gasteiger charge is -2.43. The van der Waals surface area contributed by atoms with E-state index in [0.29, 0.717) is 10.6 Å². The number of hydrogen-bond donors (Lipinski definition) is 0. The lowest BCUT2D eigenvalue weighted by Crippen LogP contribution is -2.47. The van der Waals surface area contributed by atoms with Crippen molar-refractivity contribution in [1.82, 2.24) is 0 Å². The van der Waals surface area contributed by atoms with Crippen molar-refractivity contribution >= 4 is 56.1 Å². The molecule has 3 aromatic rings. The highest BCUT2D eigenvalue weighted by molar-refractivity contribution is 7.80. The molecule has 0 atom stereocenters. The molecule has 0 fully saturated rings. The van der Waals surface area contributed by atoms with E-state index < -0.39 is 5.54 Å². The minimum Gasteiger partial charge on any atom is -0.297 e. The second-order valence-corrected chi connectivity index (χ2v) is 9.63. The van der Waals surface area contributed by atoms with Crippen LogP contribution in [0.5, 0.6) is 0 Å².